The number of rotatable bonds is 4. The molecule has 0 spiro atoms. The van der Waals surface area contributed by atoms with E-state index in [1.54, 1.807) is 0 Å². The van der Waals surface area contributed by atoms with Gasteiger partial charge >= 0.3 is 0 Å². The van der Waals surface area contributed by atoms with Crippen LogP contribution in [0.2, 0.25) is 0 Å². The molecule has 1 amide bonds. The van der Waals surface area contributed by atoms with Crippen LogP contribution in [-0.4, -0.2) is 50.1 Å². The minimum atomic E-state index is 0.209. The molecule has 2 rings (SSSR count). The van der Waals surface area contributed by atoms with Crippen molar-refractivity contribution >= 4 is 5.91 Å². The van der Waals surface area contributed by atoms with Crippen molar-refractivity contribution in [3.05, 3.63) is 0 Å². The van der Waals surface area contributed by atoms with Gasteiger partial charge in [0.2, 0.25) is 5.91 Å². The molecule has 0 aromatic heterocycles. The molecule has 16 heavy (non-hydrogen) atoms. The van der Waals surface area contributed by atoms with Crippen LogP contribution in [0, 0.1) is 5.92 Å². The average molecular weight is 225 g/mol. The summed E-state index contributed by atoms with van der Waals surface area (Å²) in [4.78, 5) is 14.1. The minimum Gasteiger partial charge on any atom is -0.354 e. The normalized spacial score (nSPS) is 24.4. The third-order valence-corrected chi connectivity index (χ3v) is 4.23. The maximum atomic E-state index is 11.8. The molecule has 4 heteroatoms. The van der Waals surface area contributed by atoms with Crippen molar-refractivity contribution in [2.24, 2.45) is 5.92 Å². The lowest BCUT2D eigenvalue weighted by molar-refractivity contribution is -0.127. The molecular formula is C12H23N3O. The molecule has 0 radical (unpaired) electrons. The van der Waals surface area contributed by atoms with E-state index in [4.69, 9.17) is 0 Å². The summed E-state index contributed by atoms with van der Waals surface area (Å²) in [5.41, 5.74) is 0.215. The SMILES string of the molecule is CN(C)C1(CNC(=O)C2CNC2)CCCC1. The molecule has 1 aliphatic carbocycles. The molecule has 1 saturated heterocycles. The summed E-state index contributed by atoms with van der Waals surface area (Å²) in [6, 6.07) is 0. The summed E-state index contributed by atoms with van der Waals surface area (Å²) < 4.78 is 0. The van der Waals surface area contributed by atoms with Crippen LogP contribution in [0.3, 0.4) is 0 Å². The lowest BCUT2D eigenvalue weighted by Crippen LogP contribution is -2.56. The third-order valence-electron chi connectivity index (χ3n) is 4.23. The van der Waals surface area contributed by atoms with Gasteiger partial charge in [-0.15, -0.1) is 0 Å². The second-order valence-electron chi connectivity index (χ2n) is 5.40. The Labute approximate surface area is 97.8 Å². The molecule has 1 saturated carbocycles. The fourth-order valence-electron chi connectivity index (χ4n) is 2.69. The zero-order chi connectivity index (χ0) is 11.6. The average Bonchev–Trinajstić information content (AvgIpc) is 2.61. The van der Waals surface area contributed by atoms with Gasteiger partial charge < -0.3 is 15.5 Å². The first-order valence-electron chi connectivity index (χ1n) is 6.30. The number of hydrogen-bond donors (Lipinski definition) is 2. The standard InChI is InChI=1S/C12H23N3O/c1-15(2)12(5-3-4-6-12)9-14-11(16)10-7-13-8-10/h10,13H,3-9H2,1-2H3,(H,14,16). The maximum Gasteiger partial charge on any atom is 0.225 e. The highest BCUT2D eigenvalue weighted by Crippen LogP contribution is 2.33. The molecule has 0 bridgehead atoms. The Bertz CT molecular complexity index is 255. The lowest BCUT2D eigenvalue weighted by Gasteiger charge is -2.37. The third kappa shape index (κ3) is 2.23. The summed E-state index contributed by atoms with van der Waals surface area (Å²) in [6.45, 7) is 2.51. The molecule has 0 aromatic carbocycles. The summed E-state index contributed by atoms with van der Waals surface area (Å²) in [5.74, 6) is 0.437. The van der Waals surface area contributed by atoms with Gasteiger partial charge in [0.25, 0.3) is 0 Å². The number of nitrogens with one attached hydrogen (secondary N) is 2. The van der Waals surface area contributed by atoms with E-state index in [0.29, 0.717) is 0 Å². The van der Waals surface area contributed by atoms with Crippen LogP contribution < -0.4 is 10.6 Å². The monoisotopic (exact) mass is 225 g/mol. The Morgan fingerprint density at radius 3 is 2.44 bits per heavy atom. The van der Waals surface area contributed by atoms with Crippen molar-refractivity contribution in [3.63, 3.8) is 0 Å². The number of hydrogen-bond acceptors (Lipinski definition) is 3. The smallest absolute Gasteiger partial charge is 0.225 e. The Hall–Kier alpha value is -0.610. The molecule has 1 heterocycles. The molecule has 4 nitrogen and oxygen atoms in total. The highest BCUT2D eigenvalue weighted by Gasteiger charge is 2.37. The van der Waals surface area contributed by atoms with E-state index >= 15 is 0 Å². The summed E-state index contributed by atoms with van der Waals surface area (Å²) in [6.07, 6.45) is 5.00. The summed E-state index contributed by atoms with van der Waals surface area (Å²) in [5, 5.41) is 6.26. The largest absolute Gasteiger partial charge is 0.354 e. The van der Waals surface area contributed by atoms with Crippen molar-refractivity contribution < 1.29 is 4.79 Å². The predicted molar refractivity (Wildman–Crippen MR) is 64.3 cm³/mol. The fourth-order valence-corrected chi connectivity index (χ4v) is 2.69. The fraction of sp³-hybridized carbons (Fsp3) is 0.917. The molecule has 2 aliphatic rings. The van der Waals surface area contributed by atoms with Gasteiger partial charge in [-0.05, 0) is 26.9 Å². The highest BCUT2D eigenvalue weighted by atomic mass is 16.2. The van der Waals surface area contributed by atoms with Gasteiger partial charge in [-0.25, -0.2) is 0 Å². The first-order valence-corrected chi connectivity index (χ1v) is 6.30. The van der Waals surface area contributed by atoms with E-state index < -0.39 is 0 Å². The van der Waals surface area contributed by atoms with Gasteiger partial charge in [0.15, 0.2) is 0 Å². The van der Waals surface area contributed by atoms with E-state index in [9.17, 15) is 4.79 Å². The number of carbonyl (C=O) groups excluding carboxylic acids is 1. The van der Waals surface area contributed by atoms with Gasteiger partial charge in [0.05, 0.1) is 5.92 Å². The van der Waals surface area contributed by atoms with Crippen molar-refractivity contribution in [1.29, 1.82) is 0 Å². The van der Waals surface area contributed by atoms with Gasteiger partial charge in [0.1, 0.15) is 0 Å². The quantitative estimate of drug-likeness (QED) is 0.718. The molecule has 2 fully saturated rings. The van der Waals surface area contributed by atoms with E-state index in [1.807, 2.05) is 0 Å². The molecule has 2 N–H and O–H groups in total. The van der Waals surface area contributed by atoms with Crippen LogP contribution in [0.25, 0.3) is 0 Å². The molecule has 0 unspecified atom stereocenters. The molecular weight excluding hydrogens is 202 g/mol. The zero-order valence-electron chi connectivity index (χ0n) is 10.4. The minimum absolute atomic E-state index is 0.209. The van der Waals surface area contributed by atoms with Crippen LogP contribution in [0.5, 0.6) is 0 Å². The molecule has 92 valence electrons. The van der Waals surface area contributed by atoms with Gasteiger partial charge in [-0.3, -0.25) is 4.79 Å². The first-order chi connectivity index (χ1) is 7.64. The predicted octanol–water partition coefficient (Wildman–Crippen LogP) is 0.196. The Morgan fingerprint density at radius 2 is 2.00 bits per heavy atom. The van der Waals surface area contributed by atoms with E-state index in [2.05, 4.69) is 29.6 Å². The summed E-state index contributed by atoms with van der Waals surface area (Å²) in [7, 11) is 4.25. The van der Waals surface area contributed by atoms with E-state index in [-0.39, 0.29) is 17.4 Å². The van der Waals surface area contributed by atoms with Gasteiger partial charge in [0, 0.05) is 25.2 Å². The molecule has 0 aromatic rings. The Morgan fingerprint density at radius 1 is 1.38 bits per heavy atom. The van der Waals surface area contributed by atoms with Crippen LogP contribution in [0.4, 0.5) is 0 Å². The Kier molecular flexibility index (Phi) is 3.50. The van der Waals surface area contributed by atoms with Crippen LogP contribution >= 0.6 is 0 Å². The second-order valence-corrected chi connectivity index (χ2v) is 5.40. The van der Waals surface area contributed by atoms with Crippen molar-refractivity contribution in [1.82, 2.24) is 15.5 Å². The Balaban J connectivity index is 1.84. The number of amides is 1. The number of nitrogens with zero attached hydrogens (tertiary/aromatic N) is 1. The van der Waals surface area contributed by atoms with Crippen LogP contribution in [0.15, 0.2) is 0 Å². The van der Waals surface area contributed by atoms with E-state index in [0.717, 1.165) is 19.6 Å². The van der Waals surface area contributed by atoms with E-state index in [1.165, 1.54) is 25.7 Å². The van der Waals surface area contributed by atoms with Crippen molar-refractivity contribution in [3.8, 4) is 0 Å². The maximum absolute atomic E-state index is 11.8. The number of likely N-dealkylation sites (N-methyl/N-ethyl adjacent to an activating group) is 1. The topological polar surface area (TPSA) is 44.4 Å². The second kappa shape index (κ2) is 4.72. The first kappa shape index (κ1) is 11.9. The van der Waals surface area contributed by atoms with Crippen molar-refractivity contribution in [2.45, 2.75) is 31.2 Å². The molecule has 0 atom stereocenters. The van der Waals surface area contributed by atoms with Crippen LogP contribution in [0.1, 0.15) is 25.7 Å². The lowest BCUT2D eigenvalue weighted by atomic mass is 9.95. The van der Waals surface area contributed by atoms with Gasteiger partial charge in [-0.2, -0.15) is 0 Å². The zero-order valence-corrected chi connectivity index (χ0v) is 10.4. The highest BCUT2D eigenvalue weighted by molar-refractivity contribution is 5.80. The molecule has 1 aliphatic heterocycles. The van der Waals surface area contributed by atoms with Crippen LogP contribution in [-0.2, 0) is 4.79 Å². The number of carbonyl (C=O) groups is 1. The van der Waals surface area contributed by atoms with Crippen molar-refractivity contribution in [2.75, 3.05) is 33.7 Å². The van der Waals surface area contributed by atoms with Gasteiger partial charge in [-0.1, -0.05) is 12.8 Å². The summed E-state index contributed by atoms with van der Waals surface area (Å²) >= 11 is 0.